The van der Waals surface area contributed by atoms with E-state index < -0.39 is 0 Å². The molecule has 0 aliphatic carbocycles. The van der Waals surface area contributed by atoms with Crippen molar-refractivity contribution in [1.82, 2.24) is 9.97 Å². The minimum absolute atomic E-state index is 0.205. The van der Waals surface area contributed by atoms with Gasteiger partial charge in [-0.1, -0.05) is 30.3 Å². The fourth-order valence-corrected chi connectivity index (χ4v) is 2.71. The largest absolute Gasteiger partial charge is 0.493 e. The second-order valence-electron chi connectivity index (χ2n) is 6.52. The zero-order valence-electron chi connectivity index (χ0n) is 17.4. The first-order valence-corrected chi connectivity index (χ1v) is 9.31. The predicted molar refractivity (Wildman–Crippen MR) is 116 cm³/mol. The molecule has 0 radical (unpaired) electrons. The van der Waals surface area contributed by atoms with Gasteiger partial charge in [0.15, 0.2) is 11.5 Å². The third kappa shape index (κ3) is 4.96. The zero-order chi connectivity index (χ0) is 21.5. The summed E-state index contributed by atoms with van der Waals surface area (Å²) >= 11 is 0. The minimum atomic E-state index is -0.205. The van der Waals surface area contributed by atoms with Crippen molar-refractivity contribution >= 4 is 12.2 Å². The van der Waals surface area contributed by atoms with Crippen molar-refractivity contribution in [3.63, 3.8) is 0 Å². The molecule has 0 atom stereocenters. The van der Waals surface area contributed by atoms with Crippen LogP contribution in [-0.2, 0) is 6.61 Å². The van der Waals surface area contributed by atoms with Crippen molar-refractivity contribution < 1.29 is 14.2 Å². The molecule has 0 spiro atoms. The Hall–Kier alpha value is -3.81. The first-order valence-electron chi connectivity index (χ1n) is 9.31. The third-order valence-corrected chi connectivity index (χ3v) is 4.49. The van der Waals surface area contributed by atoms with Crippen LogP contribution in [-0.4, -0.2) is 30.4 Å². The van der Waals surface area contributed by atoms with Crippen LogP contribution in [0.2, 0.25) is 0 Å². The number of H-pyrrole nitrogens is 1. The molecule has 8 heteroatoms. The van der Waals surface area contributed by atoms with Crippen molar-refractivity contribution in [2.45, 2.75) is 20.5 Å². The fraction of sp³-hybridized carbons (Fsp3) is 0.227. The summed E-state index contributed by atoms with van der Waals surface area (Å²) in [6.07, 6.45) is 1.57. The monoisotopic (exact) mass is 408 g/mol. The van der Waals surface area contributed by atoms with Crippen LogP contribution in [0.15, 0.2) is 52.4 Å². The van der Waals surface area contributed by atoms with Gasteiger partial charge in [-0.3, -0.25) is 9.78 Å². The van der Waals surface area contributed by atoms with Gasteiger partial charge in [-0.25, -0.2) is 10.4 Å². The molecule has 30 heavy (non-hydrogen) atoms. The van der Waals surface area contributed by atoms with Gasteiger partial charge in [0.2, 0.25) is 11.7 Å². The SMILES string of the molecule is COc1cc(/C=N\Nc2nc(C)c(C)c(=O)[nH]2)cc(OC)c1OCc1ccccc1. The lowest BCUT2D eigenvalue weighted by Crippen LogP contribution is -2.15. The number of aromatic nitrogens is 2. The summed E-state index contributed by atoms with van der Waals surface area (Å²) in [6, 6.07) is 13.4. The Morgan fingerprint density at radius 3 is 2.37 bits per heavy atom. The van der Waals surface area contributed by atoms with Crippen molar-refractivity contribution in [2.75, 3.05) is 19.6 Å². The van der Waals surface area contributed by atoms with E-state index in [2.05, 4.69) is 20.5 Å². The molecule has 0 aliphatic rings. The van der Waals surface area contributed by atoms with Gasteiger partial charge >= 0.3 is 0 Å². The molecular weight excluding hydrogens is 384 g/mol. The van der Waals surface area contributed by atoms with Crippen molar-refractivity contribution in [3.8, 4) is 17.2 Å². The summed E-state index contributed by atoms with van der Waals surface area (Å²) in [6.45, 7) is 3.87. The first kappa shape index (κ1) is 20.9. The van der Waals surface area contributed by atoms with E-state index in [0.29, 0.717) is 35.1 Å². The molecule has 0 saturated heterocycles. The molecule has 0 unspecified atom stereocenters. The molecule has 156 valence electrons. The average Bonchev–Trinajstić information content (AvgIpc) is 2.76. The Balaban J connectivity index is 1.78. The molecule has 3 rings (SSSR count). The number of nitrogens with zero attached hydrogens (tertiary/aromatic N) is 2. The molecular formula is C22H24N4O4. The van der Waals surface area contributed by atoms with Crippen LogP contribution in [0.5, 0.6) is 17.2 Å². The number of rotatable bonds is 8. The summed E-state index contributed by atoms with van der Waals surface area (Å²) in [5.74, 6) is 1.81. The van der Waals surface area contributed by atoms with Gasteiger partial charge in [0.1, 0.15) is 6.61 Å². The topological polar surface area (TPSA) is 97.8 Å². The van der Waals surface area contributed by atoms with Crippen molar-refractivity contribution in [3.05, 3.63) is 75.2 Å². The molecule has 1 heterocycles. The summed E-state index contributed by atoms with van der Waals surface area (Å²) in [4.78, 5) is 18.7. The quantitative estimate of drug-likeness (QED) is 0.438. The van der Waals surface area contributed by atoms with Crippen LogP contribution in [0.4, 0.5) is 5.95 Å². The highest BCUT2D eigenvalue weighted by Crippen LogP contribution is 2.38. The smallest absolute Gasteiger partial charge is 0.255 e. The molecule has 2 aromatic carbocycles. The maximum Gasteiger partial charge on any atom is 0.255 e. The van der Waals surface area contributed by atoms with Crippen LogP contribution in [0.3, 0.4) is 0 Å². The lowest BCUT2D eigenvalue weighted by molar-refractivity contribution is 0.266. The molecule has 0 bridgehead atoms. The van der Waals surface area contributed by atoms with E-state index in [1.807, 2.05) is 30.3 Å². The average molecular weight is 408 g/mol. The number of hydrazone groups is 1. The molecule has 1 aromatic heterocycles. The summed E-state index contributed by atoms with van der Waals surface area (Å²) in [5, 5.41) is 4.14. The highest BCUT2D eigenvalue weighted by molar-refractivity contribution is 5.82. The Labute approximate surface area is 174 Å². The Morgan fingerprint density at radius 1 is 1.10 bits per heavy atom. The number of hydrogen-bond donors (Lipinski definition) is 2. The molecule has 0 aliphatic heterocycles. The Morgan fingerprint density at radius 2 is 1.77 bits per heavy atom. The normalized spacial score (nSPS) is 10.8. The fourth-order valence-electron chi connectivity index (χ4n) is 2.71. The number of anilines is 1. The van der Waals surface area contributed by atoms with Gasteiger partial charge in [0.25, 0.3) is 5.56 Å². The number of nitrogens with one attached hydrogen (secondary N) is 2. The Bertz CT molecular complexity index is 1070. The van der Waals surface area contributed by atoms with Crippen LogP contribution in [0.1, 0.15) is 22.4 Å². The maximum atomic E-state index is 11.8. The second kappa shape index (κ2) is 9.60. The number of aromatic amines is 1. The minimum Gasteiger partial charge on any atom is -0.493 e. The maximum absolute atomic E-state index is 11.8. The van der Waals surface area contributed by atoms with E-state index >= 15 is 0 Å². The van der Waals surface area contributed by atoms with E-state index in [1.165, 1.54) is 0 Å². The molecule has 0 fully saturated rings. The van der Waals surface area contributed by atoms with Gasteiger partial charge in [0.05, 0.1) is 20.4 Å². The van der Waals surface area contributed by atoms with Gasteiger partial charge < -0.3 is 14.2 Å². The van der Waals surface area contributed by atoms with Crippen LogP contribution < -0.4 is 25.2 Å². The van der Waals surface area contributed by atoms with E-state index in [1.54, 1.807) is 46.4 Å². The lowest BCUT2D eigenvalue weighted by Gasteiger charge is -2.15. The highest BCUT2D eigenvalue weighted by Gasteiger charge is 2.14. The highest BCUT2D eigenvalue weighted by atomic mass is 16.5. The standard InChI is InChI=1S/C22H24N4O4/c1-14-15(2)24-22(25-21(14)27)26-23-12-17-10-18(28-3)20(19(11-17)29-4)30-13-16-8-6-5-7-9-16/h5-12H,13H2,1-4H3,(H2,24,25,26,27)/b23-12-. The molecule has 0 saturated carbocycles. The van der Waals surface area contributed by atoms with E-state index in [9.17, 15) is 4.79 Å². The summed E-state index contributed by atoms with van der Waals surface area (Å²) in [5.41, 5.74) is 5.49. The third-order valence-electron chi connectivity index (χ3n) is 4.49. The van der Waals surface area contributed by atoms with Gasteiger partial charge in [-0.05, 0) is 31.5 Å². The van der Waals surface area contributed by atoms with Gasteiger partial charge in [0, 0.05) is 16.8 Å². The van der Waals surface area contributed by atoms with Gasteiger partial charge in [-0.15, -0.1) is 0 Å². The number of aryl methyl sites for hydroxylation is 1. The number of benzene rings is 2. The van der Waals surface area contributed by atoms with E-state index in [-0.39, 0.29) is 11.5 Å². The number of hydrogen-bond acceptors (Lipinski definition) is 7. The lowest BCUT2D eigenvalue weighted by atomic mass is 10.2. The van der Waals surface area contributed by atoms with Crippen molar-refractivity contribution in [1.29, 1.82) is 0 Å². The second-order valence-corrected chi connectivity index (χ2v) is 6.52. The zero-order valence-corrected chi connectivity index (χ0v) is 17.4. The first-order chi connectivity index (χ1) is 14.5. The Kier molecular flexibility index (Phi) is 6.69. The van der Waals surface area contributed by atoms with E-state index in [0.717, 1.165) is 11.1 Å². The molecule has 0 amide bonds. The van der Waals surface area contributed by atoms with Crippen LogP contribution >= 0.6 is 0 Å². The molecule has 8 nitrogen and oxygen atoms in total. The summed E-state index contributed by atoms with van der Waals surface area (Å²) in [7, 11) is 3.13. The van der Waals surface area contributed by atoms with Crippen molar-refractivity contribution in [2.24, 2.45) is 5.10 Å². The number of methoxy groups -OCH3 is 2. The predicted octanol–water partition coefficient (Wildman–Crippen LogP) is 3.43. The van der Waals surface area contributed by atoms with Gasteiger partial charge in [-0.2, -0.15) is 5.10 Å². The van der Waals surface area contributed by atoms with E-state index in [4.69, 9.17) is 14.2 Å². The molecule has 2 N–H and O–H groups in total. The van der Waals surface area contributed by atoms with Crippen LogP contribution in [0, 0.1) is 13.8 Å². The van der Waals surface area contributed by atoms with Crippen LogP contribution in [0.25, 0.3) is 0 Å². The molecule has 3 aromatic rings. The summed E-state index contributed by atoms with van der Waals surface area (Å²) < 4.78 is 16.9. The number of ether oxygens (including phenoxy) is 3.